The highest BCUT2D eigenvalue weighted by Gasteiger charge is 2.17. The van der Waals surface area contributed by atoms with Gasteiger partial charge in [-0.3, -0.25) is 10.1 Å². The number of benzene rings is 1. The number of rotatable bonds is 6. The van der Waals surface area contributed by atoms with E-state index in [0.29, 0.717) is 18.2 Å². The fraction of sp³-hybridized carbons (Fsp3) is 0.500. The number of amides is 3. The molecule has 0 heterocycles. The van der Waals surface area contributed by atoms with Crippen LogP contribution >= 0.6 is 11.6 Å². The zero-order chi connectivity index (χ0) is 17.5. The number of carbonyl (C=O) groups excluding carboxylic acids is 2. The van der Waals surface area contributed by atoms with E-state index in [-0.39, 0.29) is 18.0 Å². The van der Waals surface area contributed by atoms with Gasteiger partial charge in [0.15, 0.2) is 6.54 Å². The molecular weight excluding hydrogens is 318 g/mol. The van der Waals surface area contributed by atoms with E-state index in [0.717, 1.165) is 10.6 Å². The molecule has 1 aromatic rings. The minimum absolute atomic E-state index is 0.196. The number of nitrogens with one attached hydrogen (secondary N) is 3. The highest BCUT2D eigenvalue weighted by Crippen LogP contribution is 2.14. The molecule has 0 radical (unpaired) electrons. The standard InChI is InChI=1S/C16H24ClN3O3/c1-16(2,3)19-15(22)18-14(21)11-20(4)9-10-23-13-7-5-12(17)6-8-13/h5-8H,9-11H2,1-4H3,(H2,18,19,21,22)/p+1. The Kier molecular flexibility index (Phi) is 7.32. The summed E-state index contributed by atoms with van der Waals surface area (Å²) in [4.78, 5) is 24.3. The second kappa shape index (κ2) is 8.74. The van der Waals surface area contributed by atoms with Gasteiger partial charge in [-0.05, 0) is 45.0 Å². The highest BCUT2D eigenvalue weighted by atomic mass is 35.5. The Morgan fingerprint density at radius 1 is 1.22 bits per heavy atom. The van der Waals surface area contributed by atoms with Crippen LogP contribution in [0.4, 0.5) is 4.79 Å². The fourth-order valence-electron chi connectivity index (χ4n) is 1.78. The van der Waals surface area contributed by atoms with Crippen molar-refractivity contribution >= 4 is 23.5 Å². The molecule has 0 aliphatic carbocycles. The van der Waals surface area contributed by atoms with Crippen molar-refractivity contribution in [3.05, 3.63) is 29.3 Å². The summed E-state index contributed by atoms with van der Waals surface area (Å²) in [5.74, 6) is 0.409. The maximum atomic E-state index is 11.8. The molecule has 0 saturated carbocycles. The van der Waals surface area contributed by atoms with Gasteiger partial charge in [0.25, 0.3) is 5.91 Å². The molecule has 0 fully saturated rings. The number of halogens is 1. The summed E-state index contributed by atoms with van der Waals surface area (Å²) in [5.41, 5.74) is -0.379. The van der Waals surface area contributed by atoms with Gasteiger partial charge in [-0.15, -0.1) is 0 Å². The van der Waals surface area contributed by atoms with Gasteiger partial charge in [0, 0.05) is 10.6 Å². The maximum absolute atomic E-state index is 11.8. The van der Waals surface area contributed by atoms with Gasteiger partial charge in [-0.2, -0.15) is 0 Å². The molecule has 128 valence electrons. The first-order valence-electron chi connectivity index (χ1n) is 7.47. The first kappa shape index (κ1) is 19.3. The molecule has 1 unspecified atom stereocenters. The number of ether oxygens (including phenoxy) is 1. The van der Waals surface area contributed by atoms with E-state index < -0.39 is 6.03 Å². The van der Waals surface area contributed by atoms with E-state index in [1.165, 1.54) is 0 Å². The molecule has 1 atom stereocenters. The Labute approximate surface area is 142 Å². The normalized spacial score (nSPS) is 12.4. The van der Waals surface area contributed by atoms with E-state index in [1.54, 1.807) is 24.3 Å². The van der Waals surface area contributed by atoms with Crippen molar-refractivity contribution in [3.8, 4) is 5.75 Å². The van der Waals surface area contributed by atoms with E-state index in [4.69, 9.17) is 16.3 Å². The van der Waals surface area contributed by atoms with Gasteiger partial charge in [-0.1, -0.05) is 11.6 Å². The van der Waals surface area contributed by atoms with Gasteiger partial charge in [0.1, 0.15) is 18.9 Å². The molecule has 0 saturated heterocycles. The SMILES string of the molecule is C[NH+](CCOc1ccc(Cl)cc1)CC(=O)NC(=O)NC(C)(C)C. The van der Waals surface area contributed by atoms with Gasteiger partial charge in [0.05, 0.1) is 7.05 Å². The topological polar surface area (TPSA) is 71.9 Å². The number of urea groups is 1. The minimum atomic E-state index is -0.479. The summed E-state index contributed by atoms with van der Waals surface area (Å²) in [5, 5.41) is 5.65. The van der Waals surface area contributed by atoms with E-state index in [9.17, 15) is 9.59 Å². The summed E-state index contributed by atoms with van der Waals surface area (Å²) in [6.07, 6.45) is 0. The Hall–Kier alpha value is -1.79. The van der Waals surface area contributed by atoms with Crippen molar-refractivity contribution in [1.29, 1.82) is 0 Å². The fourth-order valence-corrected chi connectivity index (χ4v) is 1.91. The Balaban J connectivity index is 2.25. The Morgan fingerprint density at radius 2 is 1.83 bits per heavy atom. The van der Waals surface area contributed by atoms with Crippen LogP contribution in [-0.4, -0.2) is 44.2 Å². The zero-order valence-corrected chi connectivity index (χ0v) is 14.8. The van der Waals surface area contributed by atoms with Crippen LogP contribution in [0.3, 0.4) is 0 Å². The monoisotopic (exact) mass is 342 g/mol. The van der Waals surface area contributed by atoms with Crippen molar-refractivity contribution in [3.63, 3.8) is 0 Å². The molecule has 0 aliphatic rings. The van der Waals surface area contributed by atoms with Crippen LogP contribution in [0.2, 0.25) is 5.02 Å². The number of likely N-dealkylation sites (N-methyl/N-ethyl adjacent to an activating group) is 1. The quantitative estimate of drug-likeness (QED) is 0.718. The Bertz CT molecular complexity index is 526. The highest BCUT2D eigenvalue weighted by molar-refractivity contribution is 6.30. The third-order valence-corrected chi connectivity index (χ3v) is 3.07. The van der Waals surface area contributed by atoms with Crippen LogP contribution in [0.25, 0.3) is 0 Å². The summed E-state index contributed by atoms with van der Waals surface area (Å²) >= 11 is 5.80. The third-order valence-electron chi connectivity index (χ3n) is 2.82. The van der Waals surface area contributed by atoms with Crippen molar-refractivity contribution in [2.45, 2.75) is 26.3 Å². The van der Waals surface area contributed by atoms with Crippen molar-refractivity contribution in [1.82, 2.24) is 10.6 Å². The minimum Gasteiger partial charge on any atom is -0.488 e. The van der Waals surface area contributed by atoms with Crippen LogP contribution in [0.1, 0.15) is 20.8 Å². The van der Waals surface area contributed by atoms with Crippen molar-refractivity contribution < 1.29 is 19.2 Å². The lowest BCUT2D eigenvalue weighted by molar-refractivity contribution is -0.871. The smallest absolute Gasteiger partial charge is 0.322 e. The summed E-state index contributed by atoms with van der Waals surface area (Å²) in [7, 11) is 1.87. The second-order valence-electron chi connectivity index (χ2n) is 6.44. The zero-order valence-electron chi connectivity index (χ0n) is 14.0. The predicted octanol–water partition coefficient (Wildman–Crippen LogP) is 0.858. The maximum Gasteiger partial charge on any atom is 0.322 e. The molecule has 1 aromatic carbocycles. The van der Waals surface area contributed by atoms with Crippen LogP contribution in [0, 0.1) is 0 Å². The van der Waals surface area contributed by atoms with Crippen molar-refractivity contribution in [2.24, 2.45) is 0 Å². The molecule has 23 heavy (non-hydrogen) atoms. The van der Waals surface area contributed by atoms with Gasteiger partial charge < -0.3 is 15.0 Å². The molecule has 6 nitrogen and oxygen atoms in total. The van der Waals surface area contributed by atoms with E-state index >= 15 is 0 Å². The summed E-state index contributed by atoms with van der Waals surface area (Å²) in [6, 6.07) is 6.62. The van der Waals surface area contributed by atoms with Crippen LogP contribution in [-0.2, 0) is 4.79 Å². The molecular formula is C16H25ClN3O3+. The average molecular weight is 343 g/mol. The van der Waals surface area contributed by atoms with Crippen LogP contribution in [0.15, 0.2) is 24.3 Å². The number of hydrogen-bond donors (Lipinski definition) is 3. The molecule has 0 aromatic heterocycles. The second-order valence-corrected chi connectivity index (χ2v) is 6.88. The van der Waals surface area contributed by atoms with E-state index in [2.05, 4.69) is 10.6 Å². The lowest BCUT2D eigenvalue weighted by atomic mass is 10.1. The third kappa shape index (κ3) is 9.05. The first-order valence-corrected chi connectivity index (χ1v) is 7.85. The van der Waals surface area contributed by atoms with Crippen LogP contribution in [0.5, 0.6) is 5.75 Å². The number of carbonyl (C=O) groups is 2. The first-order chi connectivity index (χ1) is 10.7. The molecule has 0 aliphatic heterocycles. The molecule has 3 amide bonds. The molecule has 0 spiro atoms. The lowest BCUT2D eigenvalue weighted by Crippen LogP contribution is -3.10. The molecule has 7 heteroatoms. The van der Waals surface area contributed by atoms with Crippen molar-refractivity contribution in [2.75, 3.05) is 26.7 Å². The van der Waals surface area contributed by atoms with E-state index in [1.807, 2.05) is 27.8 Å². The summed E-state index contributed by atoms with van der Waals surface area (Å²) < 4.78 is 5.57. The number of imide groups is 1. The summed E-state index contributed by atoms with van der Waals surface area (Å²) in [6.45, 7) is 6.85. The number of quaternary nitrogens is 1. The predicted molar refractivity (Wildman–Crippen MR) is 90.0 cm³/mol. The molecule has 0 bridgehead atoms. The average Bonchev–Trinajstić information content (AvgIpc) is 2.38. The van der Waals surface area contributed by atoms with Gasteiger partial charge >= 0.3 is 6.03 Å². The lowest BCUT2D eigenvalue weighted by Gasteiger charge is -2.20. The molecule has 1 rings (SSSR count). The van der Waals surface area contributed by atoms with Crippen LogP contribution < -0.4 is 20.3 Å². The number of hydrogen-bond acceptors (Lipinski definition) is 3. The van der Waals surface area contributed by atoms with Gasteiger partial charge in [-0.25, -0.2) is 4.79 Å². The Morgan fingerprint density at radius 3 is 2.39 bits per heavy atom. The molecule has 3 N–H and O–H groups in total. The largest absolute Gasteiger partial charge is 0.488 e. The van der Waals surface area contributed by atoms with Gasteiger partial charge in [0.2, 0.25) is 0 Å².